The first kappa shape index (κ1) is 16.2. The summed E-state index contributed by atoms with van der Waals surface area (Å²) < 4.78 is 11.3. The minimum Gasteiger partial charge on any atom is -0.493 e. The average molecular weight is 291 g/mol. The second-order valence-corrected chi connectivity index (χ2v) is 5.90. The van der Waals surface area contributed by atoms with Gasteiger partial charge in [0.15, 0.2) is 11.5 Å². The van der Waals surface area contributed by atoms with Gasteiger partial charge in [0.05, 0.1) is 13.7 Å². The molecule has 1 aliphatic rings. The van der Waals surface area contributed by atoms with Gasteiger partial charge >= 0.3 is 0 Å². The number of hydrogen-bond acceptors (Lipinski definition) is 3. The van der Waals surface area contributed by atoms with Crippen molar-refractivity contribution in [1.29, 1.82) is 0 Å². The fourth-order valence-corrected chi connectivity index (χ4v) is 2.38. The molecule has 0 amide bonds. The van der Waals surface area contributed by atoms with Crippen molar-refractivity contribution in [2.24, 2.45) is 0 Å². The highest BCUT2D eigenvalue weighted by Crippen LogP contribution is 2.29. The monoisotopic (exact) mass is 291 g/mol. The minimum absolute atomic E-state index is 0.732. The molecule has 1 aromatic carbocycles. The van der Waals surface area contributed by atoms with Gasteiger partial charge in [-0.05, 0) is 37.0 Å². The van der Waals surface area contributed by atoms with Gasteiger partial charge in [-0.1, -0.05) is 38.7 Å². The second-order valence-electron chi connectivity index (χ2n) is 5.90. The Bertz CT molecular complexity index is 416. The fourth-order valence-electron chi connectivity index (χ4n) is 2.38. The molecule has 0 aromatic heterocycles. The summed E-state index contributed by atoms with van der Waals surface area (Å²) in [5.74, 6) is 1.71. The number of nitrogens with one attached hydrogen (secondary N) is 1. The van der Waals surface area contributed by atoms with Crippen molar-refractivity contribution >= 4 is 0 Å². The van der Waals surface area contributed by atoms with E-state index in [-0.39, 0.29) is 0 Å². The van der Waals surface area contributed by atoms with Crippen molar-refractivity contribution in [3.63, 3.8) is 0 Å². The average Bonchev–Trinajstić information content (AvgIpc) is 3.33. The summed E-state index contributed by atoms with van der Waals surface area (Å²) in [5, 5.41) is 3.53. The highest BCUT2D eigenvalue weighted by atomic mass is 16.5. The third-order valence-electron chi connectivity index (χ3n) is 3.91. The Hall–Kier alpha value is -1.22. The van der Waals surface area contributed by atoms with Gasteiger partial charge in [-0.3, -0.25) is 0 Å². The van der Waals surface area contributed by atoms with Crippen molar-refractivity contribution in [2.45, 2.75) is 64.5 Å². The number of methoxy groups -OCH3 is 1. The van der Waals surface area contributed by atoms with Crippen molar-refractivity contribution in [1.82, 2.24) is 5.32 Å². The van der Waals surface area contributed by atoms with E-state index >= 15 is 0 Å². The van der Waals surface area contributed by atoms with Gasteiger partial charge in [-0.25, -0.2) is 0 Å². The van der Waals surface area contributed by atoms with Crippen molar-refractivity contribution in [2.75, 3.05) is 13.7 Å². The number of rotatable bonds is 11. The lowest BCUT2D eigenvalue weighted by molar-refractivity contribution is 0.284. The molecule has 0 saturated heterocycles. The van der Waals surface area contributed by atoms with Crippen molar-refractivity contribution in [3.05, 3.63) is 23.8 Å². The lowest BCUT2D eigenvalue weighted by Gasteiger charge is -2.13. The SMILES string of the molecule is CCCCCCCOc1cc(CNC2CC2)ccc1OC. The van der Waals surface area contributed by atoms with Crippen molar-refractivity contribution in [3.8, 4) is 11.5 Å². The topological polar surface area (TPSA) is 30.5 Å². The second kappa shape index (κ2) is 8.93. The van der Waals surface area contributed by atoms with Gasteiger partial charge in [0, 0.05) is 12.6 Å². The van der Waals surface area contributed by atoms with Gasteiger partial charge < -0.3 is 14.8 Å². The first-order valence-electron chi connectivity index (χ1n) is 8.36. The van der Waals surface area contributed by atoms with E-state index in [0.29, 0.717) is 0 Å². The van der Waals surface area contributed by atoms with E-state index in [9.17, 15) is 0 Å². The molecule has 1 fully saturated rings. The van der Waals surface area contributed by atoms with Crippen LogP contribution < -0.4 is 14.8 Å². The maximum Gasteiger partial charge on any atom is 0.161 e. The van der Waals surface area contributed by atoms with E-state index in [1.807, 2.05) is 6.07 Å². The maximum atomic E-state index is 5.92. The quantitative estimate of drug-likeness (QED) is 0.617. The molecule has 21 heavy (non-hydrogen) atoms. The van der Waals surface area contributed by atoms with E-state index in [1.165, 1.54) is 44.1 Å². The summed E-state index contributed by atoms with van der Waals surface area (Å²) >= 11 is 0. The van der Waals surface area contributed by atoms with E-state index in [0.717, 1.165) is 37.1 Å². The smallest absolute Gasteiger partial charge is 0.161 e. The molecule has 0 aliphatic heterocycles. The van der Waals surface area contributed by atoms with Crippen LogP contribution >= 0.6 is 0 Å². The van der Waals surface area contributed by atoms with E-state index in [2.05, 4.69) is 24.4 Å². The zero-order valence-electron chi connectivity index (χ0n) is 13.5. The Morgan fingerprint density at radius 3 is 2.62 bits per heavy atom. The van der Waals surface area contributed by atoms with Crippen LogP contribution in [0.4, 0.5) is 0 Å². The van der Waals surface area contributed by atoms with E-state index in [1.54, 1.807) is 7.11 Å². The summed E-state index contributed by atoms with van der Waals surface area (Å²) in [7, 11) is 1.70. The standard InChI is InChI=1S/C18H29NO2/c1-3-4-5-6-7-12-21-18-13-15(8-11-17(18)20-2)14-19-16-9-10-16/h8,11,13,16,19H,3-7,9-10,12,14H2,1-2H3. The van der Waals surface area contributed by atoms with Crippen LogP contribution in [0, 0.1) is 0 Å². The van der Waals surface area contributed by atoms with Gasteiger partial charge in [0.2, 0.25) is 0 Å². The third kappa shape index (κ3) is 5.96. The molecule has 118 valence electrons. The van der Waals surface area contributed by atoms with Crippen LogP contribution in [0.3, 0.4) is 0 Å². The summed E-state index contributed by atoms with van der Waals surface area (Å²) in [4.78, 5) is 0. The Kier molecular flexibility index (Phi) is 6.87. The van der Waals surface area contributed by atoms with E-state index < -0.39 is 0 Å². The molecular formula is C18H29NO2. The summed E-state index contributed by atoms with van der Waals surface area (Å²) in [6, 6.07) is 6.97. The Balaban J connectivity index is 1.78. The zero-order chi connectivity index (χ0) is 14.9. The van der Waals surface area contributed by atoms with Gasteiger partial charge in [-0.2, -0.15) is 0 Å². The summed E-state index contributed by atoms with van der Waals surface area (Å²) in [5.41, 5.74) is 1.27. The number of unbranched alkanes of at least 4 members (excludes halogenated alkanes) is 4. The molecule has 2 rings (SSSR count). The Labute approximate surface area is 129 Å². The van der Waals surface area contributed by atoms with Crippen LogP contribution in [0.5, 0.6) is 11.5 Å². The first-order valence-corrected chi connectivity index (χ1v) is 8.36. The highest BCUT2D eigenvalue weighted by Gasteiger charge is 2.20. The third-order valence-corrected chi connectivity index (χ3v) is 3.91. The van der Waals surface area contributed by atoms with Crippen LogP contribution in [0.25, 0.3) is 0 Å². The van der Waals surface area contributed by atoms with Crippen LogP contribution in [0.1, 0.15) is 57.4 Å². The number of ether oxygens (including phenoxy) is 2. The number of hydrogen-bond donors (Lipinski definition) is 1. The summed E-state index contributed by atoms with van der Waals surface area (Å²) in [6.45, 7) is 3.93. The largest absolute Gasteiger partial charge is 0.493 e. The maximum absolute atomic E-state index is 5.92. The van der Waals surface area contributed by atoms with Crippen LogP contribution in [-0.2, 0) is 6.54 Å². The Morgan fingerprint density at radius 1 is 1.10 bits per heavy atom. The highest BCUT2D eigenvalue weighted by molar-refractivity contribution is 5.43. The zero-order valence-corrected chi connectivity index (χ0v) is 13.5. The molecular weight excluding hydrogens is 262 g/mol. The lowest BCUT2D eigenvalue weighted by Crippen LogP contribution is -2.15. The normalized spacial score (nSPS) is 14.2. The molecule has 1 aliphatic carbocycles. The number of benzene rings is 1. The van der Waals surface area contributed by atoms with Gasteiger partial charge in [-0.15, -0.1) is 0 Å². The first-order chi connectivity index (χ1) is 10.3. The van der Waals surface area contributed by atoms with Crippen LogP contribution in [-0.4, -0.2) is 19.8 Å². The molecule has 0 radical (unpaired) electrons. The molecule has 1 saturated carbocycles. The Morgan fingerprint density at radius 2 is 1.90 bits per heavy atom. The lowest BCUT2D eigenvalue weighted by atomic mass is 10.1. The van der Waals surface area contributed by atoms with Crippen molar-refractivity contribution < 1.29 is 9.47 Å². The molecule has 3 heteroatoms. The molecule has 1 aromatic rings. The van der Waals surface area contributed by atoms with Gasteiger partial charge in [0.25, 0.3) is 0 Å². The molecule has 1 N–H and O–H groups in total. The minimum atomic E-state index is 0.732. The molecule has 0 spiro atoms. The summed E-state index contributed by atoms with van der Waals surface area (Å²) in [6.07, 6.45) is 8.92. The molecule has 0 heterocycles. The predicted octanol–water partition coefficient (Wildman–Crippen LogP) is 4.30. The van der Waals surface area contributed by atoms with Crippen LogP contribution in [0.2, 0.25) is 0 Å². The molecule has 0 atom stereocenters. The van der Waals surface area contributed by atoms with Crippen LogP contribution in [0.15, 0.2) is 18.2 Å². The van der Waals surface area contributed by atoms with E-state index in [4.69, 9.17) is 9.47 Å². The van der Waals surface area contributed by atoms with Gasteiger partial charge in [0.1, 0.15) is 0 Å². The predicted molar refractivity (Wildman–Crippen MR) is 87.1 cm³/mol. The molecule has 0 unspecified atom stereocenters. The molecule has 0 bridgehead atoms. The molecule has 3 nitrogen and oxygen atoms in total. The fraction of sp³-hybridized carbons (Fsp3) is 0.667.